The van der Waals surface area contributed by atoms with Crippen molar-refractivity contribution < 1.29 is 18.3 Å². The van der Waals surface area contributed by atoms with Crippen LogP contribution in [0, 0.1) is 17.6 Å². The van der Waals surface area contributed by atoms with Gasteiger partial charge in [-0.15, -0.1) is 0 Å². The van der Waals surface area contributed by atoms with Crippen LogP contribution in [0.3, 0.4) is 0 Å². The Kier molecular flexibility index (Phi) is 5.67. The third-order valence-electron chi connectivity index (χ3n) is 3.88. The molecule has 0 aliphatic heterocycles. The Morgan fingerprint density at radius 3 is 2.95 bits per heavy atom. The molecule has 1 aliphatic carbocycles. The molecule has 0 aromatic heterocycles. The number of ether oxygens (including phenoxy) is 1. The molecule has 21 heavy (non-hydrogen) atoms. The molecule has 0 radical (unpaired) electrons. The molecule has 1 N–H and O–H groups in total. The number of hydrogen-bond donors (Lipinski definition) is 1. The Hall–Kier alpha value is -1.49. The summed E-state index contributed by atoms with van der Waals surface area (Å²) in [6.45, 7) is 2.45. The Labute approximate surface area is 123 Å². The standard InChI is InChI=1S/C16H21F2NO2/c1-2-21-16(20)11-4-3-5-14(9-11)19-10-12-8-13(17)6-7-15(12)18/h6-8,11,14,19H,2-5,9-10H2,1H3. The first-order valence-electron chi connectivity index (χ1n) is 7.44. The van der Waals surface area contributed by atoms with Crippen molar-refractivity contribution in [3.05, 3.63) is 35.4 Å². The molecule has 2 atom stereocenters. The van der Waals surface area contributed by atoms with Gasteiger partial charge >= 0.3 is 5.97 Å². The van der Waals surface area contributed by atoms with E-state index in [1.807, 2.05) is 0 Å². The number of rotatable bonds is 5. The van der Waals surface area contributed by atoms with E-state index in [4.69, 9.17) is 4.74 Å². The van der Waals surface area contributed by atoms with Crippen LogP contribution in [-0.2, 0) is 16.1 Å². The van der Waals surface area contributed by atoms with Crippen molar-refractivity contribution in [3.8, 4) is 0 Å². The van der Waals surface area contributed by atoms with E-state index in [1.54, 1.807) is 6.92 Å². The maximum absolute atomic E-state index is 13.5. The second kappa shape index (κ2) is 7.50. The fraction of sp³-hybridized carbons (Fsp3) is 0.562. The fourth-order valence-electron chi connectivity index (χ4n) is 2.78. The molecular formula is C16H21F2NO2. The van der Waals surface area contributed by atoms with Crippen LogP contribution in [0.25, 0.3) is 0 Å². The minimum atomic E-state index is -0.443. The van der Waals surface area contributed by atoms with Crippen LogP contribution in [0.2, 0.25) is 0 Å². The quantitative estimate of drug-likeness (QED) is 0.848. The topological polar surface area (TPSA) is 38.3 Å². The fourth-order valence-corrected chi connectivity index (χ4v) is 2.78. The maximum Gasteiger partial charge on any atom is 0.308 e. The van der Waals surface area contributed by atoms with Gasteiger partial charge in [0.2, 0.25) is 0 Å². The minimum Gasteiger partial charge on any atom is -0.466 e. The average Bonchev–Trinajstić information content (AvgIpc) is 2.49. The monoisotopic (exact) mass is 297 g/mol. The molecule has 3 nitrogen and oxygen atoms in total. The van der Waals surface area contributed by atoms with E-state index < -0.39 is 11.6 Å². The summed E-state index contributed by atoms with van der Waals surface area (Å²) in [5.41, 5.74) is 0.313. The predicted octanol–water partition coefficient (Wildman–Crippen LogP) is 3.18. The molecule has 0 bridgehead atoms. The number of hydrogen-bond acceptors (Lipinski definition) is 3. The first kappa shape index (κ1) is 15.9. The molecule has 5 heteroatoms. The number of benzene rings is 1. The first-order valence-corrected chi connectivity index (χ1v) is 7.44. The molecule has 1 aromatic rings. The van der Waals surface area contributed by atoms with Gasteiger partial charge in [-0.1, -0.05) is 6.42 Å². The molecule has 116 valence electrons. The van der Waals surface area contributed by atoms with Crippen molar-refractivity contribution in [2.45, 2.75) is 45.2 Å². The van der Waals surface area contributed by atoms with Crippen molar-refractivity contribution in [2.75, 3.05) is 6.61 Å². The first-order chi connectivity index (χ1) is 10.1. The molecular weight excluding hydrogens is 276 g/mol. The highest BCUT2D eigenvalue weighted by molar-refractivity contribution is 5.72. The van der Waals surface area contributed by atoms with Gasteiger partial charge in [-0.3, -0.25) is 4.79 Å². The number of halogens is 2. The molecule has 0 heterocycles. The highest BCUT2D eigenvalue weighted by Gasteiger charge is 2.28. The average molecular weight is 297 g/mol. The SMILES string of the molecule is CCOC(=O)C1CCCC(NCc2cc(F)ccc2F)C1. The second-order valence-corrected chi connectivity index (χ2v) is 5.43. The van der Waals surface area contributed by atoms with Gasteiger partial charge in [0.15, 0.2) is 0 Å². The van der Waals surface area contributed by atoms with Gasteiger partial charge < -0.3 is 10.1 Å². The lowest BCUT2D eigenvalue weighted by Crippen LogP contribution is -2.36. The molecule has 0 spiro atoms. The van der Waals surface area contributed by atoms with Crippen LogP contribution in [0.5, 0.6) is 0 Å². The Balaban J connectivity index is 1.88. The van der Waals surface area contributed by atoms with Gasteiger partial charge in [0.25, 0.3) is 0 Å². The minimum absolute atomic E-state index is 0.0893. The van der Waals surface area contributed by atoms with Crippen molar-refractivity contribution in [1.29, 1.82) is 0 Å². The normalized spacial score (nSPS) is 22.0. The number of carbonyl (C=O) groups excluding carboxylic acids is 1. The van der Waals surface area contributed by atoms with E-state index in [-0.39, 0.29) is 24.5 Å². The molecule has 1 aromatic carbocycles. The molecule has 1 fully saturated rings. The molecule has 1 saturated carbocycles. The van der Waals surface area contributed by atoms with E-state index in [0.29, 0.717) is 18.6 Å². The Morgan fingerprint density at radius 2 is 2.19 bits per heavy atom. The van der Waals surface area contributed by atoms with Gasteiger partial charge in [0.05, 0.1) is 12.5 Å². The third kappa shape index (κ3) is 4.49. The summed E-state index contributed by atoms with van der Waals surface area (Å²) in [6, 6.07) is 3.58. The lowest BCUT2D eigenvalue weighted by molar-refractivity contribution is -0.149. The Bertz CT molecular complexity index is 493. The Morgan fingerprint density at radius 1 is 1.38 bits per heavy atom. The van der Waals surface area contributed by atoms with Crippen LogP contribution >= 0.6 is 0 Å². The lowest BCUT2D eigenvalue weighted by atomic mass is 9.85. The third-order valence-corrected chi connectivity index (χ3v) is 3.88. The molecule has 2 unspecified atom stereocenters. The summed E-state index contributed by atoms with van der Waals surface area (Å²) in [7, 11) is 0. The predicted molar refractivity (Wildman–Crippen MR) is 75.6 cm³/mol. The summed E-state index contributed by atoms with van der Waals surface area (Å²) in [6.07, 6.45) is 3.40. The van der Waals surface area contributed by atoms with Crippen molar-refractivity contribution in [2.24, 2.45) is 5.92 Å². The summed E-state index contributed by atoms with van der Waals surface area (Å²) < 4.78 is 31.7. The van der Waals surface area contributed by atoms with E-state index in [9.17, 15) is 13.6 Å². The smallest absolute Gasteiger partial charge is 0.308 e. The highest BCUT2D eigenvalue weighted by atomic mass is 19.1. The second-order valence-electron chi connectivity index (χ2n) is 5.43. The maximum atomic E-state index is 13.5. The van der Waals surface area contributed by atoms with Gasteiger partial charge in [-0.2, -0.15) is 0 Å². The summed E-state index contributed by atoms with van der Waals surface area (Å²) in [5.74, 6) is -1.10. The summed E-state index contributed by atoms with van der Waals surface area (Å²) in [5, 5.41) is 3.22. The van der Waals surface area contributed by atoms with Gasteiger partial charge in [-0.05, 0) is 44.4 Å². The summed E-state index contributed by atoms with van der Waals surface area (Å²) >= 11 is 0. The van der Waals surface area contributed by atoms with Crippen molar-refractivity contribution in [3.63, 3.8) is 0 Å². The van der Waals surface area contributed by atoms with E-state index >= 15 is 0 Å². The van der Waals surface area contributed by atoms with Crippen LogP contribution in [0.4, 0.5) is 8.78 Å². The number of nitrogens with one attached hydrogen (secondary N) is 1. The largest absolute Gasteiger partial charge is 0.466 e. The molecule has 2 rings (SSSR count). The zero-order chi connectivity index (χ0) is 15.2. The lowest BCUT2D eigenvalue weighted by Gasteiger charge is -2.28. The number of carbonyl (C=O) groups is 1. The summed E-state index contributed by atoms with van der Waals surface area (Å²) in [4.78, 5) is 11.8. The van der Waals surface area contributed by atoms with E-state index in [1.165, 1.54) is 6.07 Å². The van der Waals surface area contributed by atoms with Gasteiger partial charge in [0, 0.05) is 18.2 Å². The van der Waals surface area contributed by atoms with E-state index in [2.05, 4.69) is 5.32 Å². The van der Waals surface area contributed by atoms with Crippen LogP contribution in [0.15, 0.2) is 18.2 Å². The van der Waals surface area contributed by atoms with Crippen molar-refractivity contribution in [1.82, 2.24) is 5.32 Å². The highest BCUT2D eigenvalue weighted by Crippen LogP contribution is 2.25. The molecule has 0 saturated heterocycles. The van der Waals surface area contributed by atoms with Crippen LogP contribution in [0.1, 0.15) is 38.2 Å². The zero-order valence-electron chi connectivity index (χ0n) is 12.2. The number of esters is 1. The van der Waals surface area contributed by atoms with Gasteiger partial charge in [0.1, 0.15) is 11.6 Å². The molecule has 1 aliphatic rings. The van der Waals surface area contributed by atoms with E-state index in [0.717, 1.165) is 31.4 Å². The zero-order valence-corrected chi connectivity index (χ0v) is 12.2. The van der Waals surface area contributed by atoms with Crippen LogP contribution < -0.4 is 5.32 Å². The van der Waals surface area contributed by atoms with Gasteiger partial charge in [-0.25, -0.2) is 8.78 Å². The van der Waals surface area contributed by atoms with Crippen LogP contribution in [-0.4, -0.2) is 18.6 Å². The van der Waals surface area contributed by atoms with Crippen molar-refractivity contribution >= 4 is 5.97 Å². The molecule has 0 amide bonds.